The number of carbonyl (C=O) groups excluding carboxylic acids is 1. The summed E-state index contributed by atoms with van der Waals surface area (Å²) in [5.74, 6) is -0.450. The van der Waals surface area contributed by atoms with Crippen LogP contribution in [0, 0.1) is 5.82 Å². The normalized spacial score (nSPS) is 12.4. The zero-order valence-electron chi connectivity index (χ0n) is 15.6. The third kappa shape index (κ3) is 6.67. The van der Waals surface area contributed by atoms with Crippen LogP contribution < -0.4 is 9.62 Å². The van der Waals surface area contributed by atoms with E-state index >= 15 is 0 Å². The maximum atomic E-state index is 13.4. The minimum atomic E-state index is -3.56. The van der Waals surface area contributed by atoms with E-state index in [0.717, 1.165) is 16.1 Å². The lowest BCUT2D eigenvalue weighted by Gasteiger charge is -2.22. The molecule has 0 saturated carbocycles. The highest BCUT2D eigenvalue weighted by Gasteiger charge is 2.18. The minimum absolute atomic E-state index is 0.115. The minimum Gasteiger partial charge on any atom is -0.356 e. The number of anilines is 1. The average molecular weight is 392 g/mol. The predicted molar refractivity (Wildman–Crippen MR) is 106 cm³/mol. The van der Waals surface area contributed by atoms with Gasteiger partial charge in [0, 0.05) is 19.5 Å². The van der Waals surface area contributed by atoms with E-state index in [1.807, 2.05) is 37.3 Å². The number of amides is 1. The molecule has 0 spiro atoms. The largest absolute Gasteiger partial charge is 0.356 e. The van der Waals surface area contributed by atoms with Crippen molar-refractivity contribution in [1.82, 2.24) is 5.32 Å². The van der Waals surface area contributed by atoms with Gasteiger partial charge in [0.2, 0.25) is 15.9 Å². The van der Waals surface area contributed by atoms with Crippen LogP contribution in [0.25, 0.3) is 0 Å². The molecule has 2 rings (SSSR count). The Kier molecular flexibility index (Phi) is 7.36. The number of benzene rings is 2. The Morgan fingerprint density at radius 3 is 2.48 bits per heavy atom. The van der Waals surface area contributed by atoms with Gasteiger partial charge in [-0.15, -0.1) is 0 Å². The first-order valence-electron chi connectivity index (χ1n) is 8.82. The summed E-state index contributed by atoms with van der Waals surface area (Å²) in [6.07, 6.45) is 1.61. The molecule has 1 N–H and O–H groups in total. The molecule has 5 nitrogen and oxygen atoms in total. The van der Waals surface area contributed by atoms with Crippen LogP contribution in [0.2, 0.25) is 0 Å². The number of carbonyl (C=O) groups is 1. The second kappa shape index (κ2) is 9.50. The van der Waals surface area contributed by atoms with Crippen molar-refractivity contribution in [3.63, 3.8) is 0 Å². The summed E-state index contributed by atoms with van der Waals surface area (Å²) in [6.45, 7) is 2.66. The summed E-state index contributed by atoms with van der Waals surface area (Å²) < 4.78 is 38.5. The molecule has 0 bridgehead atoms. The highest BCUT2D eigenvalue weighted by atomic mass is 32.2. The second-order valence-corrected chi connectivity index (χ2v) is 8.44. The Morgan fingerprint density at radius 1 is 1.15 bits per heavy atom. The number of rotatable bonds is 9. The van der Waals surface area contributed by atoms with Gasteiger partial charge in [0.05, 0.1) is 11.9 Å². The van der Waals surface area contributed by atoms with E-state index in [1.54, 1.807) is 0 Å². The van der Waals surface area contributed by atoms with E-state index in [2.05, 4.69) is 5.32 Å². The smallest absolute Gasteiger partial charge is 0.232 e. The van der Waals surface area contributed by atoms with Crippen LogP contribution in [-0.4, -0.2) is 33.7 Å². The first kappa shape index (κ1) is 20.9. The topological polar surface area (TPSA) is 66.5 Å². The number of hydrogen-bond acceptors (Lipinski definition) is 3. The summed E-state index contributed by atoms with van der Waals surface area (Å²) in [6, 6.07) is 15.3. The molecule has 0 aliphatic heterocycles. The van der Waals surface area contributed by atoms with Gasteiger partial charge in [0.15, 0.2) is 0 Å². The van der Waals surface area contributed by atoms with Crippen molar-refractivity contribution in [2.75, 3.05) is 23.7 Å². The summed E-state index contributed by atoms with van der Waals surface area (Å²) in [5, 5.41) is 2.88. The first-order chi connectivity index (χ1) is 12.8. The lowest BCUT2D eigenvalue weighted by molar-refractivity contribution is -0.121. The highest BCUT2D eigenvalue weighted by molar-refractivity contribution is 7.92. The van der Waals surface area contributed by atoms with Crippen LogP contribution in [0.3, 0.4) is 0 Å². The molecule has 0 aromatic heterocycles. The molecule has 0 unspecified atom stereocenters. The maximum absolute atomic E-state index is 13.4. The molecule has 0 radical (unpaired) electrons. The summed E-state index contributed by atoms with van der Waals surface area (Å²) >= 11 is 0. The molecule has 27 heavy (non-hydrogen) atoms. The van der Waals surface area contributed by atoms with Gasteiger partial charge < -0.3 is 5.32 Å². The van der Waals surface area contributed by atoms with Crippen LogP contribution in [-0.2, 0) is 14.8 Å². The molecule has 1 amide bonds. The summed E-state index contributed by atoms with van der Waals surface area (Å²) in [5.41, 5.74) is 1.41. The monoisotopic (exact) mass is 392 g/mol. The van der Waals surface area contributed by atoms with Crippen molar-refractivity contribution in [3.05, 3.63) is 66.0 Å². The lowest BCUT2D eigenvalue weighted by atomic mass is 10.0. The molecule has 0 aliphatic carbocycles. The number of hydrogen-bond donors (Lipinski definition) is 1. The van der Waals surface area contributed by atoms with Gasteiger partial charge in [-0.3, -0.25) is 9.10 Å². The van der Waals surface area contributed by atoms with Gasteiger partial charge in [0.1, 0.15) is 5.82 Å². The number of nitrogens with zero attached hydrogens (tertiary/aromatic N) is 1. The Hall–Kier alpha value is -2.41. The van der Waals surface area contributed by atoms with E-state index in [1.165, 1.54) is 24.3 Å². The summed E-state index contributed by atoms with van der Waals surface area (Å²) in [7, 11) is -3.56. The van der Waals surface area contributed by atoms with Gasteiger partial charge in [-0.25, -0.2) is 12.8 Å². The standard InChI is InChI=1S/C20H25FN2O3S/c1-16(17-8-4-3-5-9-17)15-22-20(24)12-7-13-23(27(2,25)26)19-11-6-10-18(21)14-19/h3-6,8-11,14,16H,7,12-13,15H2,1-2H3,(H,22,24)/t16-/m1/s1. The molecule has 146 valence electrons. The zero-order valence-corrected chi connectivity index (χ0v) is 16.4. The molecule has 0 fully saturated rings. The molecule has 0 saturated heterocycles. The molecule has 1 atom stereocenters. The van der Waals surface area contributed by atoms with E-state index in [-0.39, 0.29) is 30.5 Å². The van der Waals surface area contributed by atoms with Gasteiger partial charge in [0.25, 0.3) is 0 Å². The van der Waals surface area contributed by atoms with Gasteiger partial charge in [-0.1, -0.05) is 43.3 Å². The average Bonchev–Trinajstić information content (AvgIpc) is 2.63. The van der Waals surface area contributed by atoms with Crippen LogP contribution in [0.4, 0.5) is 10.1 Å². The van der Waals surface area contributed by atoms with E-state index in [4.69, 9.17) is 0 Å². The second-order valence-electron chi connectivity index (χ2n) is 6.53. The molecule has 0 heterocycles. The third-order valence-electron chi connectivity index (χ3n) is 4.24. The van der Waals surface area contributed by atoms with Crippen LogP contribution >= 0.6 is 0 Å². The van der Waals surface area contributed by atoms with Crippen LogP contribution in [0.1, 0.15) is 31.2 Å². The van der Waals surface area contributed by atoms with Crippen molar-refractivity contribution >= 4 is 21.6 Å². The van der Waals surface area contributed by atoms with Gasteiger partial charge in [-0.2, -0.15) is 0 Å². The van der Waals surface area contributed by atoms with E-state index in [9.17, 15) is 17.6 Å². The van der Waals surface area contributed by atoms with Crippen molar-refractivity contribution in [3.8, 4) is 0 Å². The number of nitrogens with one attached hydrogen (secondary N) is 1. The first-order valence-corrected chi connectivity index (χ1v) is 10.7. The Bertz CT molecular complexity index is 857. The zero-order chi connectivity index (χ0) is 19.9. The van der Waals surface area contributed by atoms with Gasteiger partial charge >= 0.3 is 0 Å². The highest BCUT2D eigenvalue weighted by Crippen LogP contribution is 2.19. The fraction of sp³-hybridized carbons (Fsp3) is 0.350. The Labute approximate surface area is 160 Å². The Balaban J connectivity index is 1.85. The number of halogens is 1. The molecule has 2 aromatic carbocycles. The quantitative estimate of drug-likeness (QED) is 0.712. The van der Waals surface area contributed by atoms with Crippen molar-refractivity contribution in [1.29, 1.82) is 0 Å². The maximum Gasteiger partial charge on any atom is 0.232 e. The van der Waals surface area contributed by atoms with Crippen molar-refractivity contribution < 1.29 is 17.6 Å². The fourth-order valence-electron chi connectivity index (χ4n) is 2.76. The van der Waals surface area contributed by atoms with Crippen molar-refractivity contribution in [2.45, 2.75) is 25.7 Å². The third-order valence-corrected chi connectivity index (χ3v) is 5.43. The summed E-state index contributed by atoms with van der Waals surface area (Å²) in [4.78, 5) is 12.1. The fourth-order valence-corrected chi connectivity index (χ4v) is 3.71. The molecule has 0 aliphatic rings. The van der Waals surface area contributed by atoms with Crippen LogP contribution in [0.5, 0.6) is 0 Å². The van der Waals surface area contributed by atoms with E-state index < -0.39 is 15.8 Å². The SMILES string of the molecule is C[C@H](CNC(=O)CCCN(c1cccc(F)c1)S(C)(=O)=O)c1ccccc1. The predicted octanol–water partition coefficient (Wildman–Crippen LogP) is 3.29. The van der Waals surface area contributed by atoms with E-state index in [0.29, 0.717) is 13.0 Å². The van der Waals surface area contributed by atoms with Crippen molar-refractivity contribution in [2.24, 2.45) is 0 Å². The van der Waals surface area contributed by atoms with Crippen LogP contribution in [0.15, 0.2) is 54.6 Å². The number of sulfonamides is 1. The molecular formula is C20H25FN2O3S. The van der Waals surface area contributed by atoms with Gasteiger partial charge in [-0.05, 0) is 36.1 Å². The molecule has 7 heteroatoms. The molecular weight excluding hydrogens is 367 g/mol. The molecule has 2 aromatic rings. The lowest BCUT2D eigenvalue weighted by Crippen LogP contribution is -2.32. The Morgan fingerprint density at radius 2 is 1.85 bits per heavy atom.